The van der Waals surface area contributed by atoms with Crippen molar-refractivity contribution in [1.82, 2.24) is 0 Å². The van der Waals surface area contributed by atoms with E-state index < -0.39 is 5.41 Å². The fourth-order valence-electron chi connectivity index (χ4n) is 1.66. The molecule has 1 aromatic rings. The Kier molecular flexibility index (Phi) is 4.71. The summed E-state index contributed by atoms with van der Waals surface area (Å²) in [6, 6.07) is 11.8. The van der Waals surface area contributed by atoms with Crippen LogP contribution >= 0.6 is 0 Å². The molecule has 1 rings (SSSR count). The third-order valence-electron chi connectivity index (χ3n) is 2.79. The smallest absolute Gasteiger partial charge is 0.305 e. The Morgan fingerprint density at radius 1 is 1.41 bits per heavy atom. The van der Waals surface area contributed by atoms with Gasteiger partial charge >= 0.3 is 5.97 Å². The van der Waals surface area contributed by atoms with Crippen LogP contribution in [0, 0.1) is 11.3 Å². The van der Waals surface area contributed by atoms with Crippen LogP contribution < -0.4 is 0 Å². The van der Waals surface area contributed by atoms with Crippen LogP contribution in [0.5, 0.6) is 0 Å². The van der Waals surface area contributed by atoms with Gasteiger partial charge in [-0.2, -0.15) is 5.26 Å². The lowest BCUT2D eigenvalue weighted by atomic mass is 9.80. The normalized spacial score (nSPS) is 13.5. The van der Waals surface area contributed by atoms with Gasteiger partial charge in [0.25, 0.3) is 0 Å². The summed E-state index contributed by atoms with van der Waals surface area (Å²) in [5.74, 6) is -0.245. The third kappa shape index (κ3) is 3.60. The van der Waals surface area contributed by atoms with Crippen molar-refractivity contribution < 1.29 is 9.53 Å². The standard InChI is InChI=1S/C14H17NO2/c1-3-17-13(16)9-10-14(2,11-15)12-7-5-4-6-8-12/h4-8H,3,9-10H2,1-2H3/t14-/m0/s1. The van der Waals surface area contributed by atoms with Crippen LogP contribution in [0.1, 0.15) is 32.3 Å². The molecule has 0 bridgehead atoms. The minimum absolute atomic E-state index is 0.245. The molecule has 0 saturated heterocycles. The lowest BCUT2D eigenvalue weighted by molar-refractivity contribution is -0.143. The number of benzene rings is 1. The zero-order chi connectivity index (χ0) is 12.7. The van der Waals surface area contributed by atoms with E-state index in [0.717, 1.165) is 5.56 Å². The van der Waals surface area contributed by atoms with Gasteiger partial charge in [0.15, 0.2) is 0 Å². The predicted molar refractivity (Wildman–Crippen MR) is 65.3 cm³/mol. The number of nitrogens with zero attached hydrogens (tertiary/aromatic N) is 1. The second-order valence-electron chi connectivity index (χ2n) is 4.11. The summed E-state index contributed by atoms with van der Waals surface area (Å²) in [6.07, 6.45) is 0.749. The number of carbonyl (C=O) groups excluding carboxylic acids is 1. The third-order valence-corrected chi connectivity index (χ3v) is 2.79. The van der Waals surface area contributed by atoms with Gasteiger partial charge in [0, 0.05) is 6.42 Å². The van der Waals surface area contributed by atoms with E-state index in [9.17, 15) is 10.1 Å². The van der Waals surface area contributed by atoms with Crippen molar-refractivity contribution in [2.24, 2.45) is 0 Å². The van der Waals surface area contributed by atoms with Crippen molar-refractivity contribution in [3.8, 4) is 6.07 Å². The van der Waals surface area contributed by atoms with Gasteiger partial charge in [-0.1, -0.05) is 30.3 Å². The van der Waals surface area contributed by atoms with E-state index in [1.807, 2.05) is 37.3 Å². The topological polar surface area (TPSA) is 50.1 Å². The second kappa shape index (κ2) is 6.05. The first-order chi connectivity index (χ1) is 8.12. The number of ether oxygens (including phenoxy) is 1. The van der Waals surface area contributed by atoms with Crippen LogP contribution in [0.2, 0.25) is 0 Å². The molecule has 0 aliphatic rings. The zero-order valence-corrected chi connectivity index (χ0v) is 10.3. The first kappa shape index (κ1) is 13.2. The van der Waals surface area contributed by atoms with E-state index in [1.165, 1.54) is 0 Å². The molecule has 3 heteroatoms. The molecule has 0 aliphatic heterocycles. The monoisotopic (exact) mass is 231 g/mol. The molecule has 3 nitrogen and oxygen atoms in total. The molecular formula is C14H17NO2. The van der Waals surface area contributed by atoms with Gasteiger partial charge in [-0.05, 0) is 25.8 Å². The fraction of sp³-hybridized carbons (Fsp3) is 0.429. The van der Waals surface area contributed by atoms with Crippen LogP contribution in [0.25, 0.3) is 0 Å². The van der Waals surface area contributed by atoms with Gasteiger partial charge in [-0.25, -0.2) is 0 Å². The van der Waals surface area contributed by atoms with Crippen molar-refractivity contribution in [2.75, 3.05) is 6.61 Å². The van der Waals surface area contributed by atoms with E-state index in [4.69, 9.17) is 4.74 Å². The molecule has 1 atom stereocenters. The highest BCUT2D eigenvalue weighted by molar-refractivity contribution is 5.69. The van der Waals surface area contributed by atoms with Gasteiger partial charge in [0.1, 0.15) is 0 Å². The molecule has 17 heavy (non-hydrogen) atoms. The SMILES string of the molecule is CCOC(=O)CC[C@@](C)(C#N)c1ccccc1. The molecular weight excluding hydrogens is 214 g/mol. The second-order valence-corrected chi connectivity index (χ2v) is 4.11. The highest BCUT2D eigenvalue weighted by Gasteiger charge is 2.27. The van der Waals surface area contributed by atoms with Crippen molar-refractivity contribution in [2.45, 2.75) is 32.1 Å². The van der Waals surface area contributed by atoms with Crippen LogP contribution in [-0.2, 0) is 14.9 Å². The van der Waals surface area contributed by atoms with Crippen molar-refractivity contribution in [3.63, 3.8) is 0 Å². The molecule has 0 saturated carbocycles. The van der Waals surface area contributed by atoms with E-state index in [1.54, 1.807) is 6.92 Å². The predicted octanol–water partition coefficient (Wildman–Crippen LogP) is 2.81. The number of rotatable bonds is 5. The molecule has 1 aromatic carbocycles. The van der Waals surface area contributed by atoms with Gasteiger partial charge in [0.05, 0.1) is 18.1 Å². The van der Waals surface area contributed by atoms with Gasteiger partial charge in [-0.15, -0.1) is 0 Å². The molecule has 0 unspecified atom stereocenters. The zero-order valence-electron chi connectivity index (χ0n) is 10.3. The summed E-state index contributed by atoms with van der Waals surface area (Å²) < 4.78 is 4.87. The van der Waals surface area contributed by atoms with Crippen molar-refractivity contribution in [1.29, 1.82) is 5.26 Å². The number of carbonyl (C=O) groups is 1. The van der Waals surface area contributed by atoms with Gasteiger partial charge in [0.2, 0.25) is 0 Å². The van der Waals surface area contributed by atoms with E-state index in [-0.39, 0.29) is 12.4 Å². The maximum Gasteiger partial charge on any atom is 0.305 e. The maximum atomic E-state index is 11.3. The molecule has 0 N–H and O–H groups in total. The molecule has 0 aromatic heterocycles. The number of hydrogen-bond acceptors (Lipinski definition) is 3. The van der Waals surface area contributed by atoms with E-state index in [0.29, 0.717) is 13.0 Å². The lowest BCUT2D eigenvalue weighted by Gasteiger charge is -2.21. The Labute approximate surface area is 102 Å². The van der Waals surface area contributed by atoms with Crippen LogP contribution in [0.4, 0.5) is 0 Å². The minimum Gasteiger partial charge on any atom is -0.466 e. The first-order valence-electron chi connectivity index (χ1n) is 5.75. The summed E-state index contributed by atoms with van der Waals surface area (Å²) >= 11 is 0. The highest BCUT2D eigenvalue weighted by Crippen LogP contribution is 2.28. The molecule has 0 heterocycles. The van der Waals surface area contributed by atoms with Crippen LogP contribution in [0.15, 0.2) is 30.3 Å². The van der Waals surface area contributed by atoms with Crippen LogP contribution in [-0.4, -0.2) is 12.6 Å². The Morgan fingerprint density at radius 2 is 2.06 bits per heavy atom. The quantitative estimate of drug-likeness (QED) is 0.732. The fourth-order valence-corrected chi connectivity index (χ4v) is 1.66. The Hall–Kier alpha value is -1.82. The summed E-state index contributed by atoms with van der Waals surface area (Å²) in [5.41, 5.74) is 0.306. The minimum atomic E-state index is -0.631. The molecule has 0 aliphatic carbocycles. The molecule has 90 valence electrons. The van der Waals surface area contributed by atoms with Gasteiger partial charge < -0.3 is 4.74 Å². The largest absolute Gasteiger partial charge is 0.466 e. The Balaban J connectivity index is 2.71. The highest BCUT2D eigenvalue weighted by atomic mass is 16.5. The lowest BCUT2D eigenvalue weighted by Crippen LogP contribution is -2.21. The molecule has 0 spiro atoms. The van der Waals surface area contributed by atoms with Crippen molar-refractivity contribution >= 4 is 5.97 Å². The van der Waals surface area contributed by atoms with Crippen molar-refractivity contribution in [3.05, 3.63) is 35.9 Å². The molecule has 0 radical (unpaired) electrons. The number of nitriles is 1. The average Bonchev–Trinajstić information content (AvgIpc) is 2.37. The summed E-state index contributed by atoms with van der Waals surface area (Å²) in [7, 11) is 0. The average molecular weight is 231 g/mol. The van der Waals surface area contributed by atoms with Crippen LogP contribution in [0.3, 0.4) is 0 Å². The Bertz CT molecular complexity index is 408. The maximum absolute atomic E-state index is 11.3. The number of hydrogen-bond donors (Lipinski definition) is 0. The Morgan fingerprint density at radius 3 is 2.59 bits per heavy atom. The first-order valence-corrected chi connectivity index (χ1v) is 5.75. The molecule has 0 amide bonds. The molecule has 0 fully saturated rings. The summed E-state index contributed by atoms with van der Waals surface area (Å²) in [5, 5.41) is 9.28. The summed E-state index contributed by atoms with van der Waals surface area (Å²) in [6.45, 7) is 4.01. The van der Waals surface area contributed by atoms with E-state index in [2.05, 4.69) is 6.07 Å². The number of esters is 1. The van der Waals surface area contributed by atoms with E-state index >= 15 is 0 Å². The van der Waals surface area contributed by atoms with Gasteiger partial charge in [-0.3, -0.25) is 4.79 Å². The summed E-state index contributed by atoms with van der Waals surface area (Å²) in [4.78, 5) is 11.3.